The van der Waals surface area contributed by atoms with Gasteiger partial charge in [0.2, 0.25) is 5.91 Å². The van der Waals surface area contributed by atoms with Crippen LogP contribution in [0.4, 0.5) is 0 Å². The number of nitrogens with zero attached hydrogens (tertiary/aromatic N) is 3. The highest BCUT2D eigenvalue weighted by Crippen LogP contribution is 2.23. The lowest BCUT2D eigenvalue weighted by Crippen LogP contribution is -2.28. The maximum Gasteiger partial charge on any atom is 0.230 e. The number of carbonyl (C=O) groups excluding carboxylic acids is 1. The molecule has 0 unspecified atom stereocenters. The molecule has 1 amide bonds. The second-order valence-electron chi connectivity index (χ2n) is 5.01. The third-order valence-electron chi connectivity index (χ3n) is 3.36. The average molecular weight is 391 g/mol. The SMILES string of the molecule is C[C@@H](NC(=O)CSc1nnc2ccccn12)c1ccccc1Br. The van der Waals surface area contributed by atoms with E-state index in [9.17, 15) is 4.79 Å². The zero-order valence-corrected chi connectivity index (χ0v) is 14.8. The summed E-state index contributed by atoms with van der Waals surface area (Å²) in [5.74, 6) is 0.260. The fourth-order valence-electron chi connectivity index (χ4n) is 2.24. The Labute approximate surface area is 146 Å². The molecule has 0 fully saturated rings. The van der Waals surface area contributed by atoms with Crippen molar-refractivity contribution in [2.45, 2.75) is 18.1 Å². The van der Waals surface area contributed by atoms with Gasteiger partial charge < -0.3 is 5.32 Å². The molecule has 0 aliphatic carbocycles. The number of rotatable bonds is 5. The summed E-state index contributed by atoms with van der Waals surface area (Å²) in [6, 6.07) is 13.5. The second-order valence-corrected chi connectivity index (χ2v) is 6.81. The van der Waals surface area contributed by atoms with Crippen LogP contribution in [0.3, 0.4) is 0 Å². The van der Waals surface area contributed by atoms with Gasteiger partial charge in [0.1, 0.15) is 0 Å². The van der Waals surface area contributed by atoms with Crippen LogP contribution < -0.4 is 5.32 Å². The first-order valence-corrected chi connectivity index (χ1v) is 8.89. The van der Waals surface area contributed by atoms with E-state index in [1.165, 1.54) is 11.8 Å². The number of benzene rings is 1. The standard InChI is InChI=1S/C16H15BrN4OS/c1-11(12-6-2-3-7-13(12)17)18-15(22)10-23-16-20-19-14-8-4-5-9-21(14)16/h2-9,11H,10H2,1H3,(H,18,22)/t11-/m1/s1. The molecule has 0 bridgehead atoms. The van der Waals surface area contributed by atoms with Crippen LogP contribution in [0, 0.1) is 0 Å². The minimum absolute atomic E-state index is 0.0362. The number of nitrogens with one attached hydrogen (secondary N) is 1. The zero-order valence-electron chi connectivity index (χ0n) is 12.4. The van der Waals surface area contributed by atoms with E-state index in [4.69, 9.17) is 0 Å². The van der Waals surface area contributed by atoms with Crippen LogP contribution in [0.1, 0.15) is 18.5 Å². The molecule has 0 spiro atoms. The minimum Gasteiger partial charge on any atom is -0.349 e. The fourth-order valence-corrected chi connectivity index (χ4v) is 3.60. The predicted molar refractivity (Wildman–Crippen MR) is 94.4 cm³/mol. The molecule has 2 heterocycles. The largest absolute Gasteiger partial charge is 0.349 e. The van der Waals surface area contributed by atoms with E-state index >= 15 is 0 Å². The Morgan fingerprint density at radius 1 is 1.26 bits per heavy atom. The van der Waals surface area contributed by atoms with Crippen molar-refractivity contribution < 1.29 is 4.79 Å². The molecule has 118 valence electrons. The Balaban J connectivity index is 1.61. The molecule has 1 atom stereocenters. The number of fused-ring (bicyclic) bond motifs is 1. The van der Waals surface area contributed by atoms with Crippen molar-refractivity contribution in [2.24, 2.45) is 0 Å². The van der Waals surface area contributed by atoms with Gasteiger partial charge in [-0.1, -0.05) is 52.0 Å². The molecule has 0 radical (unpaired) electrons. The molecular weight excluding hydrogens is 376 g/mol. The van der Waals surface area contributed by atoms with Gasteiger partial charge in [-0.25, -0.2) is 0 Å². The zero-order chi connectivity index (χ0) is 16.2. The van der Waals surface area contributed by atoms with E-state index in [1.54, 1.807) is 0 Å². The molecule has 0 saturated carbocycles. The highest BCUT2D eigenvalue weighted by atomic mass is 79.9. The maximum atomic E-state index is 12.2. The summed E-state index contributed by atoms with van der Waals surface area (Å²) in [7, 11) is 0. The van der Waals surface area contributed by atoms with Gasteiger partial charge >= 0.3 is 0 Å². The molecule has 3 aromatic rings. The first-order chi connectivity index (χ1) is 11.1. The number of carbonyl (C=O) groups is 1. The van der Waals surface area contributed by atoms with E-state index < -0.39 is 0 Å². The summed E-state index contributed by atoms with van der Waals surface area (Å²) >= 11 is 4.88. The van der Waals surface area contributed by atoms with E-state index in [2.05, 4.69) is 31.4 Å². The number of thioether (sulfide) groups is 1. The Kier molecular flexibility index (Phi) is 4.97. The smallest absolute Gasteiger partial charge is 0.230 e. The first kappa shape index (κ1) is 16.0. The van der Waals surface area contributed by atoms with Crippen LogP contribution in [0.5, 0.6) is 0 Å². The molecule has 2 aromatic heterocycles. The van der Waals surface area contributed by atoms with Crippen molar-refractivity contribution >= 4 is 39.2 Å². The third kappa shape index (κ3) is 3.73. The summed E-state index contributed by atoms with van der Waals surface area (Å²) in [5, 5.41) is 11.9. The number of hydrogen-bond donors (Lipinski definition) is 1. The Hall–Kier alpha value is -1.86. The van der Waals surface area contributed by atoms with Crippen LogP contribution in [0.2, 0.25) is 0 Å². The van der Waals surface area contributed by atoms with Gasteiger partial charge in [0, 0.05) is 10.7 Å². The first-order valence-electron chi connectivity index (χ1n) is 7.11. The maximum absolute atomic E-state index is 12.2. The van der Waals surface area contributed by atoms with Crippen molar-refractivity contribution in [1.82, 2.24) is 19.9 Å². The second kappa shape index (κ2) is 7.14. The highest BCUT2D eigenvalue weighted by Gasteiger charge is 2.13. The van der Waals surface area contributed by atoms with Crippen LogP contribution in [-0.4, -0.2) is 26.3 Å². The number of amides is 1. The lowest BCUT2D eigenvalue weighted by Gasteiger charge is -2.15. The Morgan fingerprint density at radius 3 is 2.87 bits per heavy atom. The number of hydrogen-bond acceptors (Lipinski definition) is 4. The number of halogens is 1. The minimum atomic E-state index is -0.0613. The monoisotopic (exact) mass is 390 g/mol. The number of pyridine rings is 1. The third-order valence-corrected chi connectivity index (χ3v) is 5.03. The van der Waals surface area contributed by atoms with Gasteiger partial charge in [-0.05, 0) is 30.7 Å². The van der Waals surface area contributed by atoms with Crippen LogP contribution in [0.25, 0.3) is 5.65 Å². The summed E-state index contributed by atoms with van der Waals surface area (Å²) in [4.78, 5) is 12.2. The van der Waals surface area contributed by atoms with Crippen LogP contribution in [-0.2, 0) is 4.79 Å². The fraction of sp³-hybridized carbons (Fsp3) is 0.188. The van der Waals surface area contributed by atoms with Crippen LogP contribution >= 0.6 is 27.7 Å². The average Bonchev–Trinajstić information content (AvgIpc) is 2.96. The molecular formula is C16H15BrN4OS. The molecule has 5 nitrogen and oxygen atoms in total. The molecule has 7 heteroatoms. The van der Waals surface area contributed by atoms with Crippen LogP contribution in [0.15, 0.2) is 58.3 Å². The van der Waals surface area contributed by atoms with Crippen molar-refractivity contribution in [3.63, 3.8) is 0 Å². The molecule has 1 N–H and O–H groups in total. The highest BCUT2D eigenvalue weighted by molar-refractivity contribution is 9.10. The molecule has 0 aliphatic rings. The molecule has 23 heavy (non-hydrogen) atoms. The predicted octanol–water partition coefficient (Wildman–Crippen LogP) is 3.46. The van der Waals surface area contributed by atoms with E-state index in [1.807, 2.05) is 60.0 Å². The van der Waals surface area contributed by atoms with Gasteiger partial charge in [0.25, 0.3) is 0 Å². The summed E-state index contributed by atoms with van der Waals surface area (Å²) < 4.78 is 2.86. The normalized spacial score (nSPS) is 12.3. The quantitative estimate of drug-likeness (QED) is 0.677. The van der Waals surface area contributed by atoms with E-state index in [0.717, 1.165) is 15.7 Å². The molecule has 1 aromatic carbocycles. The van der Waals surface area contributed by atoms with E-state index in [-0.39, 0.29) is 11.9 Å². The van der Waals surface area contributed by atoms with Gasteiger partial charge in [-0.15, -0.1) is 10.2 Å². The van der Waals surface area contributed by atoms with Gasteiger partial charge in [-0.3, -0.25) is 9.20 Å². The van der Waals surface area contributed by atoms with Gasteiger partial charge in [0.15, 0.2) is 10.8 Å². The van der Waals surface area contributed by atoms with Crippen molar-refractivity contribution in [3.8, 4) is 0 Å². The topological polar surface area (TPSA) is 59.3 Å². The lowest BCUT2D eigenvalue weighted by molar-refractivity contribution is -0.119. The molecule has 3 rings (SSSR count). The summed E-state index contributed by atoms with van der Waals surface area (Å²) in [5.41, 5.74) is 1.83. The lowest BCUT2D eigenvalue weighted by atomic mass is 10.1. The van der Waals surface area contributed by atoms with E-state index in [0.29, 0.717) is 10.9 Å². The van der Waals surface area contributed by atoms with Gasteiger partial charge in [-0.2, -0.15) is 0 Å². The summed E-state index contributed by atoms with van der Waals surface area (Å²) in [6.07, 6.45) is 1.89. The Bertz CT molecular complexity index is 836. The number of aromatic nitrogens is 3. The molecule has 0 aliphatic heterocycles. The van der Waals surface area contributed by atoms with Crippen molar-refractivity contribution in [3.05, 3.63) is 58.7 Å². The molecule has 0 saturated heterocycles. The van der Waals surface area contributed by atoms with Crippen molar-refractivity contribution in [2.75, 3.05) is 5.75 Å². The summed E-state index contributed by atoms with van der Waals surface area (Å²) in [6.45, 7) is 1.97. The Morgan fingerprint density at radius 2 is 2.04 bits per heavy atom. The van der Waals surface area contributed by atoms with Gasteiger partial charge in [0.05, 0.1) is 11.8 Å². The van der Waals surface area contributed by atoms with Crippen molar-refractivity contribution in [1.29, 1.82) is 0 Å².